The summed E-state index contributed by atoms with van der Waals surface area (Å²) < 4.78 is 16.0. The second-order valence-electron chi connectivity index (χ2n) is 5.55. The maximum atomic E-state index is 9.87. The molecule has 1 heterocycles. The molecule has 1 saturated heterocycles. The summed E-state index contributed by atoms with van der Waals surface area (Å²) in [5.41, 5.74) is 0.848. The smallest absolute Gasteiger partial charge is 0.186 e. The molecule has 0 bridgehead atoms. The van der Waals surface area contributed by atoms with Gasteiger partial charge in [-0.15, -0.1) is 0 Å². The first kappa shape index (κ1) is 18.9. The largest absolute Gasteiger partial charge is 0.504 e. The molecule has 5 atom stereocenters. The Morgan fingerprint density at radius 1 is 1.12 bits per heavy atom. The van der Waals surface area contributed by atoms with Gasteiger partial charge in [0.15, 0.2) is 17.8 Å². The summed E-state index contributed by atoms with van der Waals surface area (Å²) in [5.74, 6) is 0.429. The van der Waals surface area contributed by atoms with E-state index in [0.29, 0.717) is 18.8 Å². The zero-order valence-electron chi connectivity index (χ0n) is 13.4. The molecular weight excluding hydrogens is 320 g/mol. The Morgan fingerprint density at radius 3 is 2.54 bits per heavy atom. The lowest BCUT2D eigenvalue weighted by Crippen LogP contribution is -2.59. The number of rotatable bonds is 7. The van der Waals surface area contributed by atoms with E-state index in [1.54, 1.807) is 12.1 Å². The lowest BCUT2D eigenvalue weighted by atomic mass is 9.99. The van der Waals surface area contributed by atoms with Gasteiger partial charge in [-0.3, -0.25) is 0 Å². The lowest BCUT2D eigenvalue weighted by molar-refractivity contribution is -0.300. The average molecular weight is 344 g/mol. The third-order valence-corrected chi connectivity index (χ3v) is 3.85. The van der Waals surface area contributed by atoms with Gasteiger partial charge in [-0.25, -0.2) is 0 Å². The molecule has 8 heteroatoms. The number of hydrogen-bond donors (Lipinski definition) is 5. The van der Waals surface area contributed by atoms with Crippen molar-refractivity contribution in [1.82, 2.24) is 0 Å². The molecule has 8 nitrogen and oxygen atoms in total. The highest BCUT2D eigenvalue weighted by Gasteiger charge is 2.43. The lowest BCUT2D eigenvalue weighted by Gasteiger charge is -2.39. The normalized spacial score (nSPS) is 30.3. The van der Waals surface area contributed by atoms with E-state index in [4.69, 9.17) is 19.3 Å². The molecule has 24 heavy (non-hydrogen) atoms. The molecular formula is C16H24O8. The zero-order valence-corrected chi connectivity index (χ0v) is 13.4. The van der Waals surface area contributed by atoms with Crippen LogP contribution < -0.4 is 4.74 Å². The van der Waals surface area contributed by atoms with Crippen LogP contribution in [0.3, 0.4) is 0 Å². The number of benzene rings is 1. The quantitative estimate of drug-likeness (QED) is 0.433. The summed E-state index contributed by atoms with van der Waals surface area (Å²) in [6.07, 6.45) is -5.97. The van der Waals surface area contributed by atoms with E-state index >= 15 is 0 Å². The molecule has 1 fully saturated rings. The van der Waals surface area contributed by atoms with Gasteiger partial charge < -0.3 is 39.7 Å². The Morgan fingerprint density at radius 2 is 1.88 bits per heavy atom. The van der Waals surface area contributed by atoms with Crippen molar-refractivity contribution in [2.24, 2.45) is 0 Å². The summed E-state index contributed by atoms with van der Waals surface area (Å²) in [6.45, 7) is 1.91. The van der Waals surface area contributed by atoms with Crippen LogP contribution in [0.1, 0.15) is 12.5 Å². The van der Waals surface area contributed by atoms with Crippen molar-refractivity contribution >= 4 is 0 Å². The van der Waals surface area contributed by atoms with Crippen molar-refractivity contribution in [3.63, 3.8) is 0 Å². The maximum absolute atomic E-state index is 9.87. The number of hydrogen-bond acceptors (Lipinski definition) is 8. The van der Waals surface area contributed by atoms with Gasteiger partial charge in [0.05, 0.1) is 19.8 Å². The van der Waals surface area contributed by atoms with E-state index in [9.17, 15) is 20.4 Å². The summed E-state index contributed by atoms with van der Waals surface area (Å²) in [5, 5.41) is 48.0. The van der Waals surface area contributed by atoms with Crippen molar-refractivity contribution in [2.45, 2.75) is 44.1 Å². The van der Waals surface area contributed by atoms with E-state index < -0.39 is 37.3 Å². The molecule has 0 saturated carbocycles. The molecule has 0 amide bonds. The van der Waals surface area contributed by atoms with Gasteiger partial charge in [0.2, 0.25) is 0 Å². The molecule has 2 rings (SSSR count). The van der Waals surface area contributed by atoms with Crippen LogP contribution in [0.2, 0.25) is 0 Å². The highest BCUT2D eigenvalue weighted by molar-refractivity contribution is 5.41. The SMILES string of the molecule is CCOc1cc(CCO[C@@H]2O[C@H](CO)[C@@H](O)[C@H](O)[C@H]2O)ccc1O. The van der Waals surface area contributed by atoms with E-state index in [1.807, 2.05) is 6.92 Å². The first-order valence-electron chi connectivity index (χ1n) is 7.84. The fourth-order valence-corrected chi connectivity index (χ4v) is 2.48. The Bertz CT molecular complexity index is 521. The number of aliphatic hydroxyl groups excluding tert-OH is 4. The minimum atomic E-state index is -1.46. The number of phenols is 1. The summed E-state index contributed by atoms with van der Waals surface area (Å²) >= 11 is 0. The number of aliphatic hydroxyl groups is 4. The van der Waals surface area contributed by atoms with Crippen LogP contribution in [0.25, 0.3) is 0 Å². The van der Waals surface area contributed by atoms with Crippen LogP contribution in [0, 0.1) is 0 Å². The molecule has 1 aliphatic heterocycles. The second kappa shape index (κ2) is 8.61. The number of phenolic OH excluding ortho intramolecular Hbond substituents is 1. The zero-order chi connectivity index (χ0) is 17.7. The number of aromatic hydroxyl groups is 1. The van der Waals surface area contributed by atoms with Gasteiger partial charge in [0, 0.05) is 0 Å². The minimum Gasteiger partial charge on any atom is -0.504 e. The molecule has 136 valence electrons. The molecule has 5 N–H and O–H groups in total. The van der Waals surface area contributed by atoms with Crippen molar-refractivity contribution in [1.29, 1.82) is 0 Å². The Kier molecular flexibility index (Phi) is 6.79. The van der Waals surface area contributed by atoms with Crippen molar-refractivity contribution in [3.8, 4) is 11.5 Å². The van der Waals surface area contributed by atoms with Crippen molar-refractivity contribution in [2.75, 3.05) is 19.8 Å². The van der Waals surface area contributed by atoms with Crippen molar-refractivity contribution < 1.29 is 39.7 Å². The molecule has 0 radical (unpaired) electrons. The molecule has 1 aliphatic rings. The van der Waals surface area contributed by atoms with Crippen molar-refractivity contribution in [3.05, 3.63) is 23.8 Å². The van der Waals surface area contributed by atoms with E-state index in [-0.39, 0.29) is 12.4 Å². The fraction of sp³-hybridized carbons (Fsp3) is 0.625. The van der Waals surface area contributed by atoms with Gasteiger partial charge in [0.25, 0.3) is 0 Å². The Hall–Kier alpha value is -1.42. The molecule has 0 aromatic heterocycles. The average Bonchev–Trinajstić information content (AvgIpc) is 2.58. The van der Waals surface area contributed by atoms with Crippen LogP contribution in [-0.4, -0.2) is 76.1 Å². The molecule has 0 spiro atoms. The summed E-state index contributed by atoms with van der Waals surface area (Å²) in [6, 6.07) is 4.93. The first-order chi connectivity index (χ1) is 11.5. The predicted molar refractivity (Wildman–Crippen MR) is 82.7 cm³/mol. The van der Waals surface area contributed by atoms with Gasteiger partial charge in [0.1, 0.15) is 24.4 Å². The third-order valence-electron chi connectivity index (χ3n) is 3.85. The third kappa shape index (κ3) is 4.35. The highest BCUT2D eigenvalue weighted by atomic mass is 16.7. The van der Waals surface area contributed by atoms with Crippen LogP contribution in [0.5, 0.6) is 11.5 Å². The topological polar surface area (TPSA) is 129 Å². The summed E-state index contributed by atoms with van der Waals surface area (Å²) in [7, 11) is 0. The molecule has 1 aromatic rings. The molecule has 1 aromatic carbocycles. The van der Waals surface area contributed by atoms with Crippen LogP contribution >= 0.6 is 0 Å². The monoisotopic (exact) mass is 344 g/mol. The predicted octanol–water partition coefficient (Wildman–Crippen LogP) is -0.850. The minimum absolute atomic E-state index is 0.0513. The van der Waals surface area contributed by atoms with Gasteiger partial charge in [-0.05, 0) is 31.0 Å². The Balaban J connectivity index is 1.90. The standard InChI is InChI=1S/C16H24O8/c1-2-22-11-7-9(3-4-10(11)18)5-6-23-16-15(21)14(20)13(19)12(8-17)24-16/h3-4,7,12-21H,2,5-6,8H2,1H3/t12-,13-,14+,15-,16-/m1/s1. The van der Waals surface area contributed by atoms with E-state index in [0.717, 1.165) is 5.56 Å². The fourth-order valence-electron chi connectivity index (χ4n) is 2.48. The first-order valence-corrected chi connectivity index (χ1v) is 7.84. The summed E-state index contributed by atoms with van der Waals surface area (Å²) in [4.78, 5) is 0. The Labute approximate surface area is 139 Å². The maximum Gasteiger partial charge on any atom is 0.186 e. The van der Waals surface area contributed by atoms with Gasteiger partial charge in [-0.2, -0.15) is 0 Å². The van der Waals surface area contributed by atoms with Crippen LogP contribution in [-0.2, 0) is 15.9 Å². The van der Waals surface area contributed by atoms with Crippen LogP contribution in [0.15, 0.2) is 18.2 Å². The number of ether oxygens (including phenoxy) is 3. The van der Waals surface area contributed by atoms with Gasteiger partial charge in [-0.1, -0.05) is 6.07 Å². The van der Waals surface area contributed by atoms with Gasteiger partial charge >= 0.3 is 0 Å². The second-order valence-corrected chi connectivity index (χ2v) is 5.55. The van der Waals surface area contributed by atoms with E-state index in [2.05, 4.69) is 0 Å². The molecule has 0 aliphatic carbocycles. The highest BCUT2D eigenvalue weighted by Crippen LogP contribution is 2.27. The van der Waals surface area contributed by atoms with Crippen LogP contribution in [0.4, 0.5) is 0 Å². The van der Waals surface area contributed by atoms with E-state index in [1.165, 1.54) is 6.07 Å². The molecule has 0 unspecified atom stereocenters.